The van der Waals surface area contributed by atoms with E-state index in [4.69, 9.17) is 5.73 Å². The Bertz CT molecular complexity index is 369. The van der Waals surface area contributed by atoms with E-state index in [1.165, 1.54) is 19.3 Å². The molecule has 1 unspecified atom stereocenters. The molecule has 3 nitrogen and oxygen atoms in total. The third-order valence-electron chi connectivity index (χ3n) is 6.19. The molecule has 0 aromatic carbocycles. The SMILES string of the molecule is CCC(C)(CC)C1CCN(C(C)(C)CC(C)(C)C(N)=O)C1. The second-order valence-electron chi connectivity index (χ2n) is 8.53. The number of carbonyl (C=O) groups excluding carboxylic acids is 1. The van der Waals surface area contributed by atoms with E-state index in [1.807, 2.05) is 13.8 Å². The van der Waals surface area contributed by atoms with Crippen LogP contribution in [0.25, 0.3) is 0 Å². The lowest BCUT2D eigenvalue weighted by Crippen LogP contribution is -2.48. The van der Waals surface area contributed by atoms with E-state index in [-0.39, 0.29) is 11.4 Å². The van der Waals surface area contributed by atoms with Crippen molar-refractivity contribution in [2.24, 2.45) is 22.5 Å². The van der Waals surface area contributed by atoms with Gasteiger partial charge in [-0.1, -0.05) is 47.5 Å². The van der Waals surface area contributed by atoms with Crippen molar-refractivity contribution in [3.05, 3.63) is 0 Å². The van der Waals surface area contributed by atoms with Crippen LogP contribution in [0.1, 0.15) is 74.1 Å². The molecule has 2 N–H and O–H groups in total. The summed E-state index contributed by atoms with van der Waals surface area (Å²) in [7, 11) is 0. The number of hydrogen-bond acceptors (Lipinski definition) is 2. The molecule has 1 aliphatic rings. The van der Waals surface area contributed by atoms with Crippen LogP contribution in [-0.4, -0.2) is 29.4 Å². The normalized spacial score (nSPS) is 21.8. The van der Waals surface area contributed by atoms with E-state index in [0.29, 0.717) is 5.41 Å². The molecule has 3 heteroatoms. The van der Waals surface area contributed by atoms with Crippen molar-refractivity contribution in [3.8, 4) is 0 Å². The topological polar surface area (TPSA) is 46.3 Å². The maximum atomic E-state index is 11.6. The molecule has 124 valence electrons. The summed E-state index contributed by atoms with van der Waals surface area (Å²) in [6.45, 7) is 17.8. The van der Waals surface area contributed by atoms with E-state index in [0.717, 1.165) is 25.4 Å². The minimum atomic E-state index is -0.444. The quantitative estimate of drug-likeness (QED) is 0.776. The molecular weight excluding hydrogens is 260 g/mol. The third-order valence-corrected chi connectivity index (χ3v) is 6.19. The first kappa shape index (κ1) is 18.5. The molecule has 0 aromatic rings. The summed E-state index contributed by atoms with van der Waals surface area (Å²) in [5, 5.41) is 0. The van der Waals surface area contributed by atoms with Gasteiger partial charge in [-0.3, -0.25) is 9.69 Å². The largest absolute Gasteiger partial charge is 0.369 e. The van der Waals surface area contributed by atoms with Crippen LogP contribution in [0.3, 0.4) is 0 Å². The van der Waals surface area contributed by atoms with Crippen LogP contribution >= 0.6 is 0 Å². The van der Waals surface area contributed by atoms with Gasteiger partial charge in [0.25, 0.3) is 0 Å². The van der Waals surface area contributed by atoms with Crippen LogP contribution in [0.15, 0.2) is 0 Å². The van der Waals surface area contributed by atoms with Crippen molar-refractivity contribution >= 4 is 5.91 Å². The molecule has 21 heavy (non-hydrogen) atoms. The van der Waals surface area contributed by atoms with Crippen LogP contribution < -0.4 is 5.73 Å². The number of nitrogens with zero attached hydrogens (tertiary/aromatic N) is 1. The lowest BCUT2D eigenvalue weighted by atomic mass is 9.72. The standard InChI is InChI=1S/C18H36N2O/c1-8-18(7,9-2)14-10-11-20(12-14)17(5,6)13-16(3,4)15(19)21/h14H,8-13H2,1-7H3,(H2,19,21). The first-order valence-electron chi connectivity index (χ1n) is 8.53. The van der Waals surface area contributed by atoms with E-state index in [2.05, 4.69) is 39.5 Å². The highest BCUT2D eigenvalue weighted by molar-refractivity contribution is 5.80. The minimum Gasteiger partial charge on any atom is -0.369 e. The van der Waals surface area contributed by atoms with Gasteiger partial charge in [-0.05, 0) is 44.6 Å². The Labute approximate surface area is 131 Å². The molecule has 1 atom stereocenters. The van der Waals surface area contributed by atoms with Crippen LogP contribution in [0, 0.1) is 16.7 Å². The Hall–Kier alpha value is -0.570. The average Bonchev–Trinajstić information content (AvgIpc) is 2.87. The monoisotopic (exact) mass is 296 g/mol. The maximum absolute atomic E-state index is 11.6. The fourth-order valence-corrected chi connectivity index (χ4v) is 3.99. The van der Waals surface area contributed by atoms with Gasteiger partial charge >= 0.3 is 0 Å². The van der Waals surface area contributed by atoms with Crippen LogP contribution in [0.4, 0.5) is 0 Å². The summed E-state index contributed by atoms with van der Waals surface area (Å²) in [6, 6.07) is 0. The second kappa shape index (κ2) is 6.28. The molecule has 1 amide bonds. The predicted octanol–water partition coefficient (Wildman–Crippen LogP) is 3.81. The van der Waals surface area contributed by atoms with Crippen molar-refractivity contribution in [1.82, 2.24) is 4.90 Å². The highest BCUT2D eigenvalue weighted by atomic mass is 16.1. The van der Waals surface area contributed by atoms with Gasteiger partial charge in [0.1, 0.15) is 0 Å². The fraction of sp³-hybridized carbons (Fsp3) is 0.944. The van der Waals surface area contributed by atoms with Crippen molar-refractivity contribution in [2.45, 2.75) is 79.7 Å². The number of rotatable bonds is 7. The molecule has 1 heterocycles. The lowest BCUT2D eigenvalue weighted by molar-refractivity contribution is -0.127. The van der Waals surface area contributed by atoms with Crippen LogP contribution in [0.5, 0.6) is 0 Å². The average molecular weight is 296 g/mol. The first-order chi connectivity index (χ1) is 9.48. The Morgan fingerprint density at radius 3 is 2.10 bits per heavy atom. The molecule has 1 rings (SSSR count). The van der Waals surface area contributed by atoms with E-state index < -0.39 is 5.41 Å². The summed E-state index contributed by atoms with van der Waals surface area (Å²) >= 11 is 0. The van der Waals surface area contributed by atoms with Gasteiger partial charge in [-0.2, -0.15) is 0 Å². The van der Waals surface area contributed by atoms with Gasteiger partial charge in [-0.15, -0.1) is 0 Å². The number of amides is 1. The maximum Gasteiger partial charge on any atom is 0.223 e. The van der Waals surface area contributed by atoms with Gasteiger partial charge in [-0.25, -0.2) is 0 Å². The summed E-state index contributed by atoms with van der Waals surface area (Å²) < 4.78 is 0. The molecule has 0 aliphatic carbocycles. The molecule has 0 saturated carbocycles. The first-order valence-corrected chi connectivity index (χ1v) is 8.53. The molecule has 1 fully saturated rings. The van der Waals surface area contributed by atoms with Gasteiger partial charge < -0.3 is 5.73 Å². The fourth-order valence-electron chi connectivity index (χ4n) is 3.99. The second-order valence-corrected chi connectivity index (χ2v) is 8.53. The Morgan fingerprint density at radius 1 is 1.14 bits per heavy atom. The highest BCUT2D eigenvalue weighted by Crippen LogP contribution is 2.43. The number of carbonyl (C=O) groups is 1. The van der Waals surface area contributed by atoms with Gasteiger partial charge in [0.05, 0.1) is 0 Å². The van der Waals surface area contributed by atoms with Crippen molar-refractivity contribution in [2.75, 3.05) is 13.1 Å². The Morgan fingerprint density at radius 2 is 1.67 bits per heavy atom. The minimum absolute atomic E-state index is 0.0235. The number of primary amides is 1. The van der Waals surface area contributed by atoms with E-state index >= 15 is 0 Å². The smallest absolute Gasteiger partial charge is 0.223 e. The molecule has 1 aliphatic heterocycles. The molecule has 1 saturated heterocycles. The van der Waals surface area contributed by atoms with Gasteiger partial charge in [0.15, 0.2) is 0 Å². The molecular formula is C18H36N2O. The third kappa shape index (κ3) is 4.00. The Balaban J connectivity index is 2.77. The Kier molecular flexibility index (Phi) is 5.52. The zero-order valence-electron chi connectivity index (χ0n) is 15.3. The summed E-state index contributed by atoms with van der Waals surface area (Å²) in [6.07, 6.45) is 4.58. The van der Waals surface area contributed by atoms with Gasteiger partial charge in [0, 0.05) is 17.5 Å². The summed E-state index contributed by atoms with van der Waals surface area (Å²) in [5.74, 6) is 0.571. The molecule has 0 spiro atoms. The van der Waals surface area contributed by atoms with E-state index in [9.17, 15) is 4.79 Å². The van der Waals surface area contributed by atoms with Gasteiger partial charge in [0.2, 0.25) is 5.91 Å². The molecule has 0 aromatic heterocycles. The lowest BCUT2D eigenvalue weighted by Gasteiger charge is -2.41. The van der Waals surface area contributed by atoms with Crippen molar-refractivity contribution < 1.29 is 4.79 Å². The molecule has 0 radical (unpaired) electrons. The highest BCUT2D eigenvalue weighted by Gasteiger charge is 2.43. The number of likely N-dealkylation sites (tertiary alicyclic amines) is 1. The van der Waals surface area contributed by atoms with Crippen molar-refractivity contribution in [3.63, 3.8) is 0 Å². The number of nitrogens with two attached hydrogens (primary N) is 1. The van der Waals surface area contributed by atoms with Crippen molar-refractivity contribution in [1.29, 1.82) is 0 Å². The predicted molar refractivity (Wildman–Crippen MR) is 90.0 cm³/mol. The summed E-state index contributed by atoms with van der Waals surface area (Å²) in [4.78, 5) is 14.2. The molecule has 0 bridgehead atoms. The summed E-state index contributed by atoms with van der Waals surface area (Å²) in [5.41, 5.74) is 5.59. The number of hydrogen-bond donors (Lipinski definition) is 1. The van der Waals surface area contributed by atoms with Crippen LogP contribution in [-0.2, 0) is 4.79 Å². The zero-order valence-corrected chi connectivity index (χ0v) is 15.3. The van der Waals surface area contributed by atoms with E-state index in [1.54, 1.807) is 0 Å². The van der Waals surface area contributed by atoms with Crippen LogP contribution in [0.2, 0.25) is 0 Å². The zero-order chi connectivity index (χ0) is 16.5.